The summed E-state index contributed by atoms with van der Waals surface area (Å²) in [7, 11) is 0. The van der Waals surface area contributed by atoms with E-state index in [1.54, 1.807) is 0 Å². The molecule has 2 fully saturated rings. The minimum atomic E-state index is 0.0694. The van der Waals surface area contributed by atoms with Crippen LogP contribution in [0.2, 0.25) is 0 Å². The molecule has 0 saturated carbocycles. The van der Waals surface area contributed by atoms with Gasteiger partial charge in [-0.1, -0.05) is 0 Å². The van der Waals surface area contributed by atoms with E-state index in [9.17, 15) is 4.79 Å². The number of carbonyl (C=O) groups is 1. The Balaban J connectivity index is 2.13. The van der Waals surface area contributed by atoms with E-state index in [0.29, 0.717) is 12.2 Å². The Morgan fingerprint density at radius 3 is 3.09 bits per heavy atom. The monoisotopic (exact) mass is 155 g/mol. The third-order valence-corrected chi connectivity index (χ3v) is 2.84. The van der Waals surface area contributed by atoms with Gasteiger partial charge in [-0.25, -0.2) is 0 Å². The molecule has 2 aliphatic rings. The van der Waals surface area contributed by atoms with Gasteiger partial charge < -0.3 is 5.11 Å². The molecular weight excluding hydrogens is 142 g/mol. The van der Waals surface area contributed by atoms with Gasteiger partial charge in [0.2, 0.25) is 0 Å². The second kappa shape index (κ2) is 2.57. The lowest BCUT2D eigenvalue weighted by molar-refractivity contribution is -0.120. The van der Waals surface area contributed by atoms with Gasteiger partial charge in [0.1, 0.15) is 0 Å². The Bertz CT molecular complexity index is 181. The molecule has 0 aromatic carbocycles. The zero-order valence-corrected chi connectivity index (χ0v) is 6.49. The summed E-state index contributed by atoms with van der Waals surface area (Å²) in [6.45, 7) is 2.09. The lowest BCUT2D eigenvalue weighted by Crippen LogP contribution is -2.32. The van der Waals surface area contributed by atoms with Crippen LogP contribution >= 0.6 is 0 Å². The fraction of sp³-hybridized carbons (Fsp3) is 0.875. The quantitative estimate of drug-likeness (QED) is 0.562. The molecule has 0 unspecified atom stereocenters. The summed E-state index contributed by atoms with van der Waals surface area (Å²) in [6, 6.07) is 0.0694. The Morgan fingerprint density at radius 2 is 2.36 bits per heavy atom. The average molecular weight is 155 g/mol. The van der Waals surface area contributed by atoms with Gasteiger partial charge in [0, 0.05) is 25.5 Å². The average Bonchev–Trinajstić information content (AvgIpc) is 2.54. The SMILES string of the molecule is O=C1CCN2CC[C@@H](CO)[C@H]12. The first-order chi connectivity index (χ1) is 5.33. The summed E-state index contributed by atoms with van der Waals surface area (Å²) in [6.07, 6.45) is 1.69. The molecule has 2 aliphatic heterocycles. The summed E-state index contributed by atoms with van der Waals surface area (Å²) in [5, 5.41) is 8.95. The minimum absolute atomic E-state index is 0.0694. The summed E-state index contributed by atoms with van der Waals surface area (Å²) < 4.78 is 0. The topological polar surface area (TPSA) is 40.5 Å². The van der Waals surface area contributed by atoms with Gasteiger partial charge in [-0.3, -0.25) is 9.69 Å². The Hall–Kier alpha value is -0.410. The molecule has 2 heterocycles. The molecule has 0 aromatic rings. The first kappa shape index (κ1) is 7.25. The van der Waals surface area contributed by atoms with Crippen LogP contribution in [0.1, 0.15) is 12.8 Å². The molecule has 0 aromatic heterocycles. The van der Waals surface area contributed by atoms with Crippen LogP contribution in [-0.4, -0.2) is 41.5 Å². The maximum atomic E-state index is 11.3. The molecule has 0 aliphatic carbocycles. The number of rotatable bonds is 1. The Labute approximate surface area is 66.0 Å². The first-order valence-corrected chi connectivity index (χ1v) is 4.20. The van der Waals surface area contributed by atoms with E-state index >= 15 is 0 Å². The smallest absolute Gasteiger partial charge is 0.151 e. The predicted molar refractivity (Wildman–Crippen MR) is 40.2 cm³/mol. The third-order valence-electron chi connectivity index (χ3n) is 2.84. The van der Waals surface area contributed by atoms with Gasteiger partial charge in [0.05, 0.1) is 6.04 Å². The van der Waals surface area contributed by atoms with Crippen molar-refractivity contribution in [3.05, 3.63) is 0 Å². The highest BCUT2D eigenvalue weighted by Gasteiger charge is 2.42. The van der Waals surface area contributed by atoms with E-state index in [1.807, 2.05) is 0 Å². The number of fused-ring (bicyclic) bond motifs is 1. The van der Waals surface area contributed by atoms with Crippen molar-refractivity contribution < 1.29 is 9.90 Å². The van der Waals surface area contributed by atoms with E-state index < -0.39 is 0 Å². The molecule has 3 nitrogen and oxygen atoms in total. The highest BCUT2D eigenvalue weighted by molar-refractivity contribution is 5.86. The molecule has 2 rings (SSSR count). The summed E-state index contributed by atoms with van der Waals surface area (Å²) in [5.74, 6) is 0.562. The van der Waals surface area contributed by atoms with Crippen molar-refractivity contribution in [3.8, 4) is 0 Å². The van der Waals surface area contributed by atoms with Crippen molar-refractivity contribution in [2.24, 2.45) is 5.92 Å². The zero-order chi connectivity index (χ0) is 7.84. The molecule has 0 bridgehead atoms. The van der Waals surface area contributed by atoms with E-state index in [4.69, 9.17) is 5.11 Å². The third kappa shape index (κ3) is 0.993. The molecule has 3 heteroatoms. The number of Topliss-reactive ketones (excluding diaryl/α,β-unsaturated/α-hetero) is 1. The van der Waals surface area contributed by atoms with Crippen molar-refractivity contribution in [2.45, 2.75) is 18.9 Å². The fourth-order valence-corrected chi connectivity index (χ4v) is 2.24. The summed E-state index contributed by atoms with van der Waals surface area (Å²) >= 11 is 0. The molecule has 0 amide bonds. The van der Waals surface area contributed by atoms with E-state index in [0.717, 1.165) is 19.5 Å². The van der Waals surface area contributed by atoms with Crippen molar-refractivity contribution in [1.82, 2.24) is 4.90 Å². The number of carbonyl (C=O) groups excluding carboxylic acids is 1. The molecule has 0 spiro atoms. The van der Waals surface area contributed by atoms with Gasteiger partial charge in [-0.15, -0.1) is 0 Å². The highest BCUT2D eigenvalue weighted by Crippen LogP contribution is 2.29. The Kier molecular flexibility index (Phi) is 1.69. The van der Waals surface area contributed by atoms with Crippen molar-refractivity contribution in [3.63, 3.8) is 0 Å². The number of ketones is 1. The second-order valence-electron chi connectivity index (χ2n) is 3.43. The zero-order valence-electron chi connectivity index (χ0n) is 6.49. The van der Waals surface area contributed by atoms with Gasteiger partial charge in [0.25, 0.3) is 0 Å². The lowest BCUT2D eigenvalue weighted by Gasteiger charge is -2.16. The van der Waals surface area contributed by atoms with Gasteiger partial charge >= 0.3 is 0 Å². The normalized spacial score (nSPS) is 38.1. The number of nitrogens with zero attached hydrogens (tertiary/aromatic N) is 1. The predicted octanol–water partition coefficient (Wildman–Crippen LogP) is -0.358. The second-order valence-corrected chi connectivity index (χ2v) is 3.43. The maximum Gasteiger partial charge on any atom is 0.151 e. The van der Waals surface area contributed by atoms with Crippen LogP contribution in [0, 0.1) is 5.92 Å². The molecule has 2 atom stereocenters. The van der Waals surface area contributed by atoms with Crippen LogP contribution in [0.3, 0.4) is 0 Å². The van der Waals surface area contributed by atoms with Crippen LogP contribution in [0.4, 0.5) is 0 Å². The maximum absolute atomic E-state index is 11.3. The van der Waals surface area contributed by atoms with E-state index in [2.05, 4.69) is 4.90 Å². The van der Waals surface area contributed by atoms with E-state index in [1.165, 1.54) is 0 Å². The molecule has 62 valence electrons. The number of aliphatic hydroxyl groups excluding tert-OH is 1. The fourth-order valence-electron chi connectivity index (χ4n) is 2.24. The minimum Gasteiger partial charge on any atom is -0.396 e. The van der Waals surface area contributed by atoms with Crippen molar-refractivity contribution in [1.29, 1.82) is 0 Å². The van der Waals surface area contributed by atoms with E-state index in [-0.39, 0.29) is 18.6 Å². The highest BCUT2D eigenvalue weighted by atomic mass is 16.3. The largest absolute Gasteiger partial charge is 0.396 e. The molecule has 1 N–H and O–H groups in total. The molecular formula is C8H13NO2. The number of hydrogen-bond acceptors (Lipinski definition) is 3. The van der Waals surface area contributed by atoms with Crippen LogP contribution in [0.15, 0.2) is 0 Å². The molecule has 2 saturated heterocycles. The van der Waals surface area contributed by atoms with Crippen molar-refractivity contribution >= 4 is 5.78 Å². The van der Waals surface area contributed by atoms with Crippen molar-refractivity contribution in [2.75, 3.05) is 19.7 Å². The van der Waals surface area contributed by atoms with Crippen LogP contribution in [0.25, 0.3) is 0 Å². The lowest BCUT2D eigenvalue weighted by atomic mass is 9.99. The molecule has 0 radical (unpaired) electrons. The molecule has 11 heavy (non-hydrogen) atoms. The van der Waals surface area contributed by atoms with Crippen LogP contribution < -0.4 is 0 Å². The van der Waals surface area contributed by atoms with Crippen LogP contribution in [0.5, 0.6) is 0 Å². The number of aliphatic hydroxyl groups is 1. The number of hydrogen-bond donors (Lipinski definition) is 1. The first-order valence-electron chi connectivity index (χ1n) is 4.20. The van der Waals surface area contributed by atoms with Gasteiger partial charge in [-0.2, -0.15) is 0 Å². The summed E-state index contributed by atoms with van der Waals surface area (Å²) in [4.78, 5) is 13.5. The standard InChI is InChI=1S/C8H13NO2/c10-5-6-1-3-9-4-2-7(11)8(6)9/h6,8,10H,1-5H2/t6-,8+/m0/s1. The van der Waals surface area contributed by atoms with Crippen LogP contribution in [-0.2, 0) is 4.79 Å². The summed E-state index contributed by atoms with van der Waals surface area (Å²) in [5.41, 5.74) is 0. The van der Waals surface area contributed by atoms with Gasteiger partial charge in [0.15, 0.2) is 5.78 Å². The van der Waals surface area contributed by atoms with Gasteiger partial charge in [-0.05, 0) is 13.0 Å². The Morgan fingerprint density at radius 1 is 1.55 bits per heavy atom.